The summed E-state index contributed by atoms with van der Waals surface area (Å²) in [6.07, 6.45) is 0.302. The molecule has 2 aromatic rings. The second kappa shape index (κ2) is 8.20. The fourth-order valence-electron chi connectivity index (χ4n) is 3.26. The van der Waals surface area contributed by atoms with Crippen LogP contribution in [0.1, 0.15) is 12.0 Å². The topological polar surface area (TPSA) is 84.9 Å². The quantitative estimate of drug-likeness (QED) is 0.766. The van der Waals surface area contributed by atoms with E-state index in [0.717, 1.165) is 17.0 Å². The first-order valence-electron chi connectivity index (χ1n) is 8.93. The predicted molar refractivity (Wildman–Crippen MR) is 106 cm³/mol. The van der Waals surface area contributed by atoms with Gasteiger partial charge in [0.1, 0.15) is 11.5 Å². The molecule has 2 aromatic carbocycles. The molecule has 1 unspecified atom stereocenters. The van der Waals surface area contributed by atoms with Crippen LogP contribution in [0.2, 0.25) is 0 Å². The second-order valence-corrected chi connectivity index (χ2v) is 8.52. The summed E-state index contributed by atoms with van der Waals surface area (Å²) < 4.78 is 38.1. The van der Waals surface area contributed by atoms with Gasteiger partial charge in [0.2, 0.25) is 15.9 Å². The van der Waals surface area contributed by atoms with E-state index >= 15 is 0 Å². The molecule has 1 aliphatic rings. The third-order valence-corrected chi connectivity index (χ3v) is 6.25. The van der Waals surface area contributed by atoms with Crippen molar-refractivity contribution in [1.29, 1.82) is 0 Å². The van der Waals surface area contributed by atoms with E-state index in [1.54, 1.807) is 50.3 Å². The van der Waals surface area contributed by atoms with Crippen LogP contribution in [0.4, 0.5) is 5.69 Å². The molecule has 0 aliphatic carbocycles. The van der Waals surface area contributed by atoms with Crippen LogP contribution in [0.15, 0.2) is 47.4 Å². The maximum absolute atomic E-state index is 12.6. The number of carbonyl (C=O) groups is 1. The van der Waals surface area contributed by atoms with Crippen LogP contribution in [0, 0.1) is 12.8 Å². The summed E-state index contributed by atoms with van der Waals surface area (Å²) in [5.74, 6) is 1.24. The third kappa shape index (κ3) is 4.28. The molecule has 1 saturated heterocycles. The van der Waals surface area contributed by atoms with Crippen LogP contribution >= 0.6 is 0 Å². The molecule has 1 atom stereocenters. The molecule has 0 spiro atoms. The average Bonchev–Trinajstić information content (AvgIpc) is 3.07. The number of sulfonamides is 1. The fraction of sp³-hybridized carbons (Fsp3) is 0.350. The van der Waals surface area contributed by atoms with Crippen LogP contribution in [0.25, 0.3) is 0 Å². The zero-order valence-corrected chi connectivity index (χ0v) is 17.0. The molecule has 0 saturated carbocycles. The van der Waals surface area contributed by atoms with E-state index in [0.29, 0.717) is 18.7 Å². The van der Waals surface area contributed by atoms with E-state index < -0.39 is 10.0 Å². The Morgan fingerprint density at radius 1 is 1.11 bits per heavy atom. The lowest BCUT2D eigenvalue weighted by molar-refractivity contribution is -0.117. The standard InChI is InChI=1S/C20H24N2O5S/c1-14-10-18(8-9-19(14)27-3)28(24,25)21-12-15-11-20(23)22(13-15)16-4-6-17(26-2)7-5-16/h4-10,15,21H,11-13H2,1-3H3. The Morgan fingerprint density at radius 2 is 1.82 bits per heavy atom. The molecule has 0 bridgehead atoms. The number of methoxy groups -OCH3 is 2. The van der Waals surface area contributed by atoms with Crippen molar-refractivity contribution in [2.45, 2.75) is 18.2 Å². The zero-order chi connectivity index (χ0) is 20.3. The molecule has 1 fully saturated rings. The SMILES string of the molecule is COc1ccc(N2CC(CNS(=O)(=O)c3ccc(OC)c(C)c3)CC2=O)cc1. The van der Waals surface area contributed by atoms with E-state index in [2.05, 4.69) is 4.72 Å². The first-order chi connectivity index (χ1) is 13.3. The van der Waals surface area contributed by atoms with E-state index in [4.69, 9.17) is 9.47 Å². The lowest BCUT2D eigenvalue weighted by Gasteiger charge is -2.17. The van der Waals surface area contributed by atoms with Gasteiger partial charge in [-0.05, 0) is 60.9 Å². The van der Waals surface area contributed by atoms with E-state index in [1.165, 1.54) is 6.07 Å². The van der Waals surface area contributed by atoms with Crippen molar-refractivity contribution in [3.63, 3.8) is 0 Å². The third-order valence-electron chi connectivity index (χ3n) is 4.83. The minimum absolute atomic E-state index is 0.0188. The van der Waals surface area contributed by atoms with Crippen molar-refractivity contribution in [1.82, 2.24) is 4.72 Å². The summed E-state index contributed by atoms with van der Waals surface area (Å²) >= 11 is 0. The fourth-order valence-corrected chi connectivity index (χ4v) is 4.46. The lowest BCUT2D eigenvalue weighted by atomic mass is 10.1. The Hall–Kier alpha value is -2.58. The largest absolute Gasteiger partial charge is 0.497 e. The second-order valence-electron chi connectivity index (χ2n) is 6.76. The van der Waals surface area contributed by atoms with Crippen LogP contribution < -0.4 is 19.1 Å². The van der Waals surface area contributed by atoms with Crippen molar-refractivity contribution in [2.75, 3.05) is 32.2 Å². The number of aryl methyl sites for hydroxylation is 1. The van der Waals surface area contributed by atoms with Crippen LogP contribution in [0.3, 0.4) is 0 Å². The summed E-state index contributed by atoms with van der Waals surface area (Å²) in [5, 5.41) is 0. The summed E-state index contributed by atoms with van der Waals surface area (Å²) in [6, 6.07) is 12.0. The van der Waals surface area contributed by atoms with Gasteiger partial charge in [-0.1, -0.05) is 0 Å². The maximum atomic E-state index is 12.6. The minimum atomic E-state index is -3.66. The Balaban J connectivity index is 1.64. The summed E-state index contributed by atoms with van der Waals surface area (Å²) in [6.45, 7) is 2.46. The van der Waals surface area contributed by atoms with Gasteiger partial charge in [-0.25, -0.2) is 13.1 Å². The molecule has 1 aliphatic heterocycles. The molecule has 1 amide bonds. The average molecular weight is 404 g/mol. The summed E-state index contributed by atoms with van der Waals surface area (Å²) in [4.78, 5) is 14.2. The number of benzene rings is 2. The van der Waals surface area contributed by atoms with Crippen molar-refractivity contribution in [3.05, 3.63) is 48.0 Å². The Labute approximate surface area is 165 Å². The molecule has 1 N–H and O–H groups in total. The van der Waals surface area contributed by atoms with Crippen molar-refractivity contribution in [2.24, 2.45) is 5.92 Å². The lowest BCUT2D eigenvalue weighted by Crippen LogP contribution is -2.31. The number of rotatable bonds is 7. The summed E-state index contributed by atoms with van der Waals surface area (Å²) in [5.41, 5.74) is 1.52. The number of amides is 1. The number of nitrogens with one attached hydrogen (secondary N) is 1. The molecule has 150 valence electrons. The van der Waals surface area contributed by atoms with Gasteiger partial charge in [-0.3, -0.25) is 4.79 Å². The van der Waals surface area contributed by atoms with E-state index in [-0.39, 0.29) is 23.3 Å². The van der Waals surface area contributed by atoms with Gasteiger partial charge in [-0.15, -0.1) is 0 Å². The number of nitrogens with zero attached hydrogens (tertiary/aromatic N) is 1. The molecular weight excluding hydrogens is 380 g/mol. The Kier molecular flexibility index (Phi) is 5.90. The van der Waals surface area contributed by atoms with Crippen molar-refractivity contribution in [3.8, 4) is 11.5 Å². The van der Waals surface area contributed by atoms with Crippen LogP contribution in [-0.2, 0) is 14.8 Å². The van der Waals surface area contributed by atoms with Gasteiger partial charge < -0.3 is 14.4 Å². The van der Waals surface area contributed by atoms with Crippen molar-refractivity contribution < 1.29 is 22.7 Å². The number of hydrogen-bond donors (Lipinski definition) is 1. The van der Waals surface area contributed by atoms with Gasteiger partial charge in [-0.2, -0.15) is 0 Å². The molecule has 7 nitrogen and oxygen atoms in total. The maximum Gasteiger partial charge on any atom is 0.240 e. The number of hydrogen-bond acceptors (Lipinski definition) is 5. The monoisotopic (exact) mass is 404 g/mol. The first kappa shape index (κ1) is 20.2. The van der Waals surface area contributed by atoms with Gasteiger partial charge in [0, 0.05) is 25.2 Å². The van der Waals surface area contributed by atoms with E-state index in [1.807, 2.05) is 12.1 Å². The molecule has 0 radical (unpaired) electrons. The summed E-state index contributed by atoms with van der Waals surface area (Å²) in [7, 11) is -0.528. The normalized spacial score (nSPS) is 17.0. The van der Waals surface area contributed by atoms with Gasteiger partial charge in [0.25, 0.3) is 0 Å². The highest BCUT2D eigenvalue weighted by Gasteiger charge is 2.31. The predicted octanol–water partition coefficient (Wildman–Crippen LogP) is 2.34. The minimum Gasteiger partial charge on any atom is -0.497 e. The Bertz CT molecular complexity index is 957. The van der Waals surface area contributed by atoms with Gasteiger partial charge >= 0.3 is 0 Å². The van der Waals surface area contributed by atoms with Gasteiger partial charge in [0.15, 0.2) is 0 Å². The number of anilines is 1. The van der Waals surface area contributed by atoms with Gasteiger partial charge in [0.05, 0.1) is 19.1 Å². The van der Waals surface area contributed by atoms with E-state index in [9.17, 15) is 13.2 Å². The molecule has 1 heterocycles. The number of carbonyl (C=O) groups excluding carboxylic acids is 1. The van der Waals surface area contributed by atoms with Crippen LogP contribution in [-0.4, -0.2) is 41.6 Å². The zero-order valence-electron chi connectivity index (χ0n) is 16.1. The first-order valence-corrected chi connectivity index (χ1v) is 10.4. The highest BCUT2D eigenvalue weighted by atomic mass is 32.2. The highest BCUT2D eigenvalue weighted by Crippen LogP contribution is 2.27. The Morgan fingerprint density at radius 3 is 2.43 bits per heavy atom. The molecule has 0 aromatic heterocycles. The molecular formula is C20H24N2O5S. The van der Waals surface area contributed by atoms with Crippen LogP contribution in [0.5, 0.6) is 11.5 Å². The highest BCUT2D eigenvalue weighted by molar-refractivity contribution is 7.89. The van der Waals surface area contributed by atoms with Crippen molar-refractivity contribution >= 4 is 21.6 Å². The molecule has 28 heavy (non-hydrogen) atoms. The molecule has 3 rings (SSSR count). The smallest absolute Gasteiger partial charge is 0.240 e. The molecule has 8 heteroatoms. The number of ether oxygens (including phenoxy) is 2.